The number of benzene rings is 1. The van der Waals surface area contributed by atoms with Crippen molar-refractivity contribution in [3.8, 4) is 0 Å². The zero-order valence-electron chi connectivity index (χ0n) is 11.4. The average Bonchev–Trinajstić information content (AvgIpc) is 2.95. The number of nitrogens with two attached hydrogens (primary N) is 1. The summed E-state index contributed by atoms with van der Waals surface area (Å²) < 4.78 is 5.35. The van der Waals surface area contributed by atoms with Gasteiger partial charge in [0.15, 0.2) is 0 Å². The van der Waals surface area contributed by atoms with E-state index in [-0.39, 0.29) is 6.04 Å². The molecule has 19 heavy (non-hydrogen) atoms. The molecular weight excluding hydrogens is 236 g/mol. The maximum absolute atomic E-state index is 5.66. The fraction of sp³-hybridized carbons (Fsp3) is 0.375. The first kappa shape index (κ1) is 13.8. The highest BCUT2D eigenvalue weighted by Gasteiger charge is 2.10. The summed E-state index contributed by atoms with van der Waals surface area (Å²) >= 11 is 0. The largest absolute Gasteiger partial charge is 0.469 e. The van der Waals surface area contributed by atoms with Crippen LogP contribution in [-0.4, -0.2) is 0 Å². The molecule has 0 spiro atoms. The number of aryl methyl sites for hydroxylation is 2. The van der Waals surface area contributed by atoms with Crippen molar-refractivity contribution >= 4 is 0 Å². The molecule has 2 aromatic rings. The summed E-state index contributed by atoms with van der Waals surface area (Å²) in [6.45, 7) is 2.20. The maximum Gasteiger partial charge on any atom is 0.103 e. The van der Waals surface area contributed by atoms with Crippen LogP contribution in [0.3, 0.4) is 0 Å². The van der Waals surface area contributed by atoms with Gasteiger partial charge in [0.05, 0.1) is 6.26 Å². The van der Waals surface area contributed by atoms with Gasteiger partial charge in [0.2, 0.25) is 0 Å². The summed E-state index contributed by atoms with van der Waals surface area (Å²) in [5.74, 6) is 6.66. The Hall–Kier alpha value is -1.58. The monoisotopic (exact) mass is 258 g/mol. The van der Waals surface area contributed by atoms with Crippen LogP contribution >= 0.6 is 0 Å². The van der Waals surface area contributed by atoms with Crippen molar-refractivity contribution in [2.45, 2.75) is 38.6 Å². The van der Waals surface area contributed by atoms with Gasteiger partial charge in [-0.05, 0) is 36.1 Å². The smallest absolute Gasteiger partial charge is 0.103 e. The lowest BCUT2D eigenvalue weighted by atomic mass is 9.99. The van der Waals surface area contributed by atoms with Gasteiger partial charge in [-0.3, -0.25) is 11.3 Å². The van der Waals surface area contributed by atoms with E-state index in [1.165, 1.54) is 17.5 Å². The van der Waals surface area contributed by atoms with Crippen LogP contribution in [0, 0.1) is 0 Å². The first-order chi connectivity index (χ1) is 9.33. The van der Waals surface area contributed by atoms with Crippen LogP contribution in [0.4, 0.5) is 0 Å². The van der Waals surface area contributed by atoms with Crippen molar-refractivity contribution in [2.75, 3.05) is 0 Å². The lowest BCUT2D eigenvalue weighted by molar-refractivity contribution is 0.458. The molecule has 0 radical (unpaired) electrons. The molecule has 0 aliphatic rings. The van der Waals surface area contributed by atoms with Gasteiger partial charge in [0.25, 0.3) is 0 Å². The molecule has 1 heterocycles. The van der Waals surface area contributed by atoms with E-state index in [4.69, 9.17) is 10.3 Å². The number of hydrogen-bond donors (Lipinski definition) is 2. The summed E-state index contributed by atoms with van der Waals surface area (Å²) in [5, 5.41) is 0. The molecule has 0 amide bonds. The minimum absolute atomic E-state index is 0.167. The summed E-state index contributed by atoms with van der Waals surface area (Å²) in [4.78, 5) is 0. The molecule has 3 N–H and O–H groups in total. The molecule has 0 aliphatic carbocycles. The molecule has 0 saturated heterocycles. The summed E-state index contributed by atoms with van der Waals surface area (Å²) in [6, 6.07) is 12.8. The van der Waals surface area contributed by atoms with Crippen LogP contribution in [0.1, 0.15) is 42.7 Å². The van der Waals surface area contributed by atoms with Crippen molar-refractivity contribution in [3.05, 3.63) is 59.5 Å². The Balaban J connectivity index is 1.96. The van der Waals surface area contributed by atoms with Gasteiger partial charge >= 0.3 is 0 Å². The van der Waals surface area contributed by atoms with Gasteiger partial charge in [-0.1, -0.05) is 37.6 Å². The standard InChI is InChI=1S/C16H22N2O/c1-2-4-13-6-8-14(9-7-13)16(18-17)11-10-15-5-3-12-19-15/h3,5-9,12,16,18H,2,4,10-11,17H2,1H3. The van der Waals surface area contributed by atoms with E-state index in [1.807, 2.05) is 12.1 Å². The van der Waals surface area contributed by atoms with Crippen molar-refractivity contribution in [3.63, 3.8) is 0 Å². The molecule has 1 atom stereocenters. The minimum Gasteiger partial charge on any atom is -0.469 e. The number of hydrogen-bond acceptors (Lipinski definition) is 3. The fourth-order valence-corrected chi connectivity index (χ4v) is 2.29. The van der Waals surface area contributed by atoms with E-state index < -0.39 is 0 Å². The third-order valence-electron chi connectivity index (χ3n) is 3.38. The van der Waals surface area contributed by atoms with Crippen molar-refractivity contribution < 1.29 is 4.42 Å². The fourth-order valence-electron chi connectivity index (χ4n) is 2.29. The highest BCUT2D eigenvalue weighted by Crippen LogP contribution is 2.19. The first-order valence-electron chi connectivity index (χ1n) is 6.91. The molecule has 0 bridgehead atoms. The number of furan rings is 1. The Bertz CT molecular complexity index is 462. The van der Waals surface area contributed by atoms with Crippen LogP contribution in [-0.2, 0) is 12.8 Å². The summed E-state index contributed by atoms with van der Waals surface area (Å²) in [7, 11) is 0. The second kappa shape index (κ2) is 7.12. The van der Waals surface area contributed by atoms with Crippen LogP contribution in [0.25, 0.3) is 0 Å². The van der Waals surface area contributed by atoms with Crippen LogP contribution in [0.15, 0.2) is 47.1 Å². The maximum atomic E-state index is 5.66. The zero-order valence-corrected chi connectivity index (χ0v) is 11.4. The lowest BCUT2D eigenvalue weighted by Crippen LogP contribution is -2.28. The molecule has 3 heteroatoms. The van der Waals surface area contributed by atoms with Gasteiger partial charge in [-0.15, -0.1) is 0 Å². The third kappa shape index (κ3) is 3.94. The third-order valence-corrected chi connectivity index (χ3v) is 3.38. The zero-order chi connectivity index (χ0) is 13.5. The van der Waals surface area contributed by atoms with E-state index >= 15 is 0 Å². The van der Waals surface area contributed by atoms with E-state index in [0.29, 0.717) is 0 Å². The lowest BCUT2D eigenvalue weighted by Gasteiger charge is -2.16. The summed E-state index contributed by atoms with van der Waals surface area (Å²) in [5.41, 5.74) is 5.50. The number of nitrogens with one attached hydrogen (secondary N) is 1. The molecule has 0 aliphatic heterocycles. The molecule has 0 fully saturated rings. The van der Waals surface area contributed by atoms with E-state index in [9.17, 15) is 0 Å². The van der Waals surface area contributed by atoms with Gasteiger partial charge in [0.1, 0.15) is 5.76 Å². The second-order valence-corrected chi connectivity index (χ2v) is 4.83. The van der Waals surface area contributed by atoms with Gasteiger partial charge in [0, 0.05) is 12.5 Å². The Morgan fingerprint density at radius 1 is 1.16 bits per heavy atom. The molecule has 1 aromatic heterocycles. The Morgan fingerprint density at radius 3 is 2.53 bits per heavy atom. The normalized spacial score (nSPS) is 12.5. The van der Waals surface area contributed by atoms with E-state index in [0.717, 1.165) is 25.0 Å². The molecular formula is C16H22N2O. The molecule has 102 valence electrons. The molecule has 2 rings (SSSR count). The van der Waals surface area contributed by atoms with Gasteiger partial charge < -0.3 is 4.42 Å². The van der Waals surface area contributed by atoms with Gasteiger partial charge in [-0.2, -0.15) is 0 Å². The molecule has 3 nitrogen and oxygen atoms in total. The van der Waals surface area contributed by atoms with Crippen LogP contribution in [0.2, 0.25) is 0 Å². The SMILES string of the molecule is CCCc1ccc(C(CCc2ccco2)NN)cc1. The van der Waals surface area contributed by atoms with Crippen molar-refractivity contribution in [1.82, 2.24) is 5.43 Å². The first-order valence-corrected chi connectivity index (χ1v) is 6.91. The molecule has 1 unspecified atom stereocenters. The average molecular weight is 258 g/mol. The van der Waals surface area contributed by atoms with E-state index in [1.54, 1.807) is 6.26 Å². The second-order valence-electron chi connectivity index (χ2n) is 4.83. The number of hydrazine groups is 1. The topological polar surface area (TPSA) is 51.2 Å². The number of rotatable bonds is 7. The Morgan fingerprint density at radius 2 is 1.95 bits per heavy atom. The highest BCUT2D eigenvalue weighted by atomic mass is 16.3. The van der Waals surface area contributed by atoms with Crippen molar-refractivity contribution in [2.24, 2.45) is 5.84 Å². The van der Waals surface area contributed by atoms with Crippen molar-refractivity contribution in [1.29, 1.82) is 0 Å². The quantitative estimate of drug-likeness (QED) is 0.591. The minimum atomic E-state index is 0.167. The highest BCUT2D eigenvalue weighted by molar-refractivity contribution is 5.25. The Kier molecular flexibility index (Phi) is 5.19. The molecule has 0 saturated carbocycles. The molecule has 1 aromatic carbocycles. The van der Waals surface area contributed by atoms with Crippen LogP contribution < -0.4 is 11.3 Å². The Labute approximate surface area is 114 Å². The predicted molar refractivity (Wildman–Crippen MR) is 77.5 cm³/mol. The predicted octanol–water partition coefficient (Wildman–Crippen LogP) is 3.37. The van der Waals surface area contributed by atoms with E-state index in [2.05, 4.69) is 36.6 Å². The summed E-state index contributed by atoms with van der Waals surface area (Å²) in [6.07, 6.45) is 5.83. The van der Waals surface area contributed by atoms with Crippen LogP contribution in [0.5, 0.6) is 0 Å². The van der Waals surface area contributed by atoms with Gasteiger partial charge in [-0.25, -0.2) is 0 Å².